The van der Waals surface area contributed by atoms with Crippen LogP contribution in [0.15, 0.2) is 71.8 Å². The van der Waals surface area contributed by atoms with Gasteiger partial charge in [-0.1, -0.05) is 35.9 Å². The van der Waals surface area contributed by atoms with Crippen LogP contribution in [0.1, 0.15) is 36.7 Å². The highest BCUT2D eigenvalue weighted by atomic mass is 35.5. The van der Waals surface area contributed by atoms with Crippen molar-refractivity contribution in [3.8, 4) is 17.0 Å². The van der Waals surface area contributed by atoms with Gasteiger partial charge in [-0.2, -0.15) is 4.40 Å². The van der Waals surface area contributed by atoms with E-state index in [9.17, 15) is 14.7 Å². The fraction of sp³-hybridized carbons (Fsp3) is 0.200. The molecule has 4 rings (SSSR count). The lowest BCUT2D eigenvalue weighted by Crippen LogP contribution is -2.44. The van der Waals surface area contributed by atoms with Crippen molar-refractivity contribution in [3.63, 3.8) is 0 Å². The average molecular weight is 464 g/mol. The minimum Gasteiger partial charge on any atom is -0.842 e. The summed E-state index contributed by atoms with van der Waals surface area (Å²) in [5, 5.41) is 13.9. The minimum absolute atomic E-state index is 0.0361. The molecule has 0 spiro atoms. The number of hydrogen-bond acceptors (Lipinski definition) is 5. The fourth-order valence-corrected chi connectivity index (χ4v) is 3.61. The van der Waals surface area contributed by atoms with E-state index in [0.29, 0.717) is 16.4 Å². The molecule has 0 aliphatic rings. The summed E-state index contributed by atoms with van der Waals surface area (Å²) in [6.45, 7) is 5.51. The number of carbonyl (C=O) groups is 1. The van der Waals surface area contributed by atoms with E-state index in [1.54, 1.807) is 81.7 Å². The van der Waals surface area contributed by atoms with Gasteiger partial charge in [0.15, 0.2) is 0 Å². The van der Waals surface area contributed by atoms with Gasteiger partial charge in [0.25, 0.3) is 5.65 Å². The molecule has 0 N–H and O–H groups in total. The van der Waals surface area contributed by atoms with Crippen molar-refractivity contribution in [2.24, 2.45) is 0 Å². The Labute approximate surface area is 195 Å². The smallest absolute Gasteiger partial charge is 0.349 e. The molecular formula is C25H22ClN3O4. The lowest BCUT2D eigenvalue weighted by Gasteiger charge is -2.20. The van der Waals surface area contributed by atoms with Gasteiger partial charge in [-0.3, -0.25) is 0 Å². The Morgan fingerprint density at radius 3 is 2.64 bits per heavy atom. The molecule has 7 nitrogen and oxygen atoms in total. The topological polar surface area (TPSA) is 87.6 Å². The van der Waals surface area contributed by atoms with E-state index >= 15 is 0 Å². The number of carbonyl (C=O) groups excluding carboxylic acids is 1. The van der Waals surface area contributed by atoms with Gasteiger partial charge < -0.3 is 9.84 Å². The zero-order valence-electron chi connectivity index (χ0n) is 18.4. The third-order valence-corrected chi connectivity index (χ3v) is 5.15. The zero-order chi connectivity index (χ0) is 23.8. The van der Waals surface area contributed by atoms with E-state index in [4.69, 9.17) is 16.3 Å². The predicted molar refractivity (Wildman–Crippen MR) is 122 cm³/mol. The molecule has 0 radical (unpaired) electrons. The maximum Gasteiger partial charge on any atom is 0.349 e. The third kappa shape index (κ3) is 4.73. The molecule has 0 unspecified atom stereocenters. The zero-order valence-corrected chi connectivity index (χ0v) is 19.2. The molecule has 168 valence electrons. The van der Waals surface area contributed by atoms with Crippen molar-refractivity contribution in [1.82, 2.24) is 9.38 Å². The molecule has 1 aromatic carbocycles. The summed E-state index contributed by atoms with van der Waals surface area (Å²) in [6, 6.07) is 15.0. The van der Waals surface area contributed by atoms with Crippen LogP contribution in [0.5, 0.6) is 5.88 Å². The van der Waals surface area contributed by atoms with Crippen molar-refractivity contribution < 1.29 is 19.2 Å². The van der Waals surface area contributed by atoms with Crippen molar-refractivity contribution in [2.45, 2.75) is 32.9 Å². The van der Waals surface area contributed by atoms with Crippen LogP contribution in [0.25, 0.3) is 16.8 Å². The van der Waals surface area contributed by atoms with Crippen LogP contribution < -0.4 is 15.2 Å². The van der Waals surface area contributed by atoms with Crippen LogP contribution in [0.3, 0.4) is 0 Å². The quantitative estimate of drug-likeness (QED) is 0.263. The van der Waals surface area contributed by atoms with Crippen LogP contribution in [0.4, 0.5) is 0 Å². The van der Waals surface area contributed by atoms with Crippen LogP contribution >= 0.6 is 11.6 Å². The number of benzene rings is 1. The molecule has 4 aromatic rings. The summed E-state index contributed by atoms with van der Waals surface area (Å²) in [5.41, 5.74) is 0.610. The SMILES string of the molecule is CC(C)(C)OC(=O)c1cccc(-c2c([O-])[n+](Cc3ccc(Cl)nc3)c3ccccn3c2=O)c1. The minimum atomic E-state index is -0.672. The summed E-state index contributed by atoms with van der Waals surface area (Å²) < 4.78 is 8.35. The van der Waals surface area contributed by atoms with E-state index in [2.05, 4.69) is 4.98 Å². The fourth-order valence-electron chi connectivity index (χ4n) is 3.50. The summed E-state index contributed by atoms with van der Waals surface area (Å²) in [7, 11) is 0. The highest BCUT2D eigenvalue weighted by molar-refractivity contribution is 6.29. The molecule has 0 atom stereocenters. The number of esters is 1. The Hall–Kier alpha value is -3.71. The Morgan fingerprint density at radius 1 is 1.15 bits per heavy atom. The number of hydrogen-bond donors (Lipinski definition) is 0. The van der Waals surface area contributed by atoms with Crippen molar-refractivity contribution in [3.05, 3.63) is 93.6 Å². The Kier molecular flexibility index (Phi) is 5.91. The lowest BCUT2D eigenvalue weighted by atomic mass is 10.0. The molecular weight excluding hydrogens is 442 g/mol. The highest BCUT2D eigenvalue weighted by Gasteiger charge is 2.22. The molecule has 0 fully saturated rings. The monoisotopic (exact) mass is 463 g/mol. The second-order valence-corrected chi connectivity index (χ2v) is 8.96. The van der Waals surface area contributed by atoms with Crippen molar-refractivity contribution in [1.29, 1.82) is 0 Å². The maximum atomic E-state index is 13.6. The first-order valence-corrected chi connectivity index (χ1v) is 10.7. The number of nitrogens with zero attached hydrogens (tertiary/aromatic N) is 3. The van der Waals surface area contributed by atoms with Gasteiger partial charge in [0.2, 0.25) is 0 Å². The van der Waals surface area contributed by atoms with E-state index in [0.717, 1.165) is 5.56 Å². The summed E-state index contributed by atoms with van der Waals surface area (Å²) in [5.74, 6) is -1.000. The molecule has 0 bridgehead atoms. The summed E-state index contributed by atoms with van der Waals surface area (Å²) in [4.78, 5) is 29.9. The largest absolute Gasteiger partial charge is 0.842 e. The third-order valence-electron chi connectivity index (χ3n) is 4.92. The van der Waals surface area contributed by atoms with Gasteiger partial charge in [0, 0.05) is 17.8 Å². The number of halogens is 1. The summed E-state index contributed by atoms with van der Waals surface area (Å²) >= 11 is 5.88. The first kappa shape index (κ1) is 22.5. The van der Waals surface area contributed by atoms with Crippen LogP contribution in [0.2, 0.25) is 5.15 Å². The molecule has 8 heteroatoms. The van der Waals surface area contributed by atoms with E-state index in [-0.39, 0.29) is 17.7 Å². The highest BCUT2D eigenvalue weighted by Crippen LogP contribution is 2.24. The second-order valence-electron chi connectivity index (χ2n) is 8.57. The standard InChI is InChI=1S/C25H22ClN3O4/c1-25(2,3)33-24(32)18-8-6-7-17(13-18)21-22(30)28-12-5-4-9-20(28)29(23(21)31)15-16-10-11-19(26)27-14-16/h4-14H,15H2,1-3H3. The van der Waals surface area contributed by atoms with Gasteiger partial charge in [-0.05, 0) is 50.6 Å². The first-order valence-electron chi connectivity index (χ1n) is 10.3. The molecule has 3 heterocycles. The molecule has 3 aromatic heterocycles. The summed E-state index contributed by atoms with van der Waals surface area (Å²) in [6.07, 6.45) is 3.19. The molecule has 0 saturated heterocycles. The Balaban J connectivity index is 1.89. The predicted octanol–water partition coefficient (Wildman–Crippen LogP) is 3.38. The van der Waals surface area contributed by atoms with E-state index in [1.807, 2.05) is 0 Å². The van der Waals surface area contributed by atoms with Crippen molar-refractivity contribution in [2.75, 3.05) is 0 Å². The Bertz CT molecular complexity index is 1410. The number of aromatic nitrogens is 3. The van der Waals surface area contributed by atoms with Gasteiger partial charge in [0.05, 0.1) is 17.6 Å². The molecule has 0 amide bonds. The van der Waals surface area contributed by atoms with E-state index in [1.165, 1.54) is 15.0 Å². The van der Waals surface area contributed by atoms with Crippen LogP contribution in [-0.4, -0.2) is 21.0 Å². The normalized spacial score (nSPS) is 11.5. The van der Waals surface area contributed by atoms with Crippen LogP contribution in [0, 0.1) is 0 Å². The number of ether oxygens (including phenoxy) is 1. The first-order chi connectivity index (χ1) is 15.6. The average Bonchev–Trinajstić information content (AvgIpc) is 2.77. The van der Waals surface area contributed by atoms with Gasteiger partial charge in [0.1, 0.15) is 22.9 Å². The molecule has 0 aliphatic carbocycles. The Morgan fingerprint density at radius 2 is 1.94 bits per heavy atom. The molecule has 0 saturated carbocycles. The van der Waals surface area contributed by atoms with E-state index < -0.39 is 23.0 Å². The second kappa shape index (κ2) is 8.67. The number of pyridine rings is 2. The molecule has 33 heavy (non-hydrogen) atoms. The lowest BCUT2D eigenvalue weighted by molar-refractivity contribution is -0.708. The molecule has 0 aliphatic heterocycles. The van der Waals surface area contributed by atoms with Crippen molar-refractivity contribution >= 4 is 23.2 Å². The maximum absolute atomic E-state index is 13.6. The number of rotatable bonds is 4. The van der Waals surface area contributed by atoms with Gasteiger partial charge in [-0.15, -0.1) is 0 Å². The number of fused-ring (bicyclic) bond motifs is 1. The van der Waals surface area contributed by atoms with Gasteiger partial charge in [-0.25, -0.2) is 19.1 Å². The van der Waals surface area contributed by atoms with Crippen LogP contribution in [-0.2, 0) is 11.3 Å². The van der Waals surface area contributed by atoms with Gasteiger partial charge >= 0.3 is 11.5 Å².